The van der Waals surface area contributed by atoms with Gasteiger partial charge in [0.25, 0.3) is 10.9 Å². The summed E-state index contributed by atoms with van der Waals surface area (Å²) in [5.74, 6) is 0.732. The Morgan fingerprint density at radius 2 is 2.11 bits per heavy atom. The van der Waals surface area contributed by atoms with Crippen molar-refractivity contribution < 1.29 is 9.34 Å². The molecule has 0 aliphatic carbocycles. The summed E-state index contributed by atoms with van der Waals surface area (Å²) >= 11 is 1.21. The van der Waals surface area contributed by atoms with Gasteiger partial charge in [0.15, 0.2) is 0 Å². The van der Waals surface area contributed by atoms with Crippen LogP contribution in [0.3, 0.4) is 0 Å². The van der Waals surface area contributed by atoms with Crippen LogP contribution in [0.5, 0.6) is 0 Å². The van der Waals surface area contributed by atoms with Crippen LogP contribution in [-0.2, 0) is 0 Å². The second kappa shape index (κ2) is 4.69. The van der Waals surface area contributed by atoms with Gasteiger partial charge < -0.3 is 10.2 Å². The van der Waals surface area contributed by atoms with Crippen molar-refractivity contribution in [3.63, 3.8) is 0 Å². The van der Waals surface area contributed by atoms with Gasteiger partial charge in [-0.1, -0.05) is 0 Å². The van der Waals surface area contributed by atoms with E-state index in [-0.39, 0.29) is 5.69 Å². The molecule has 1 aromatic heterocycles. The van der Waals surface area contributed by atoms with E-state index >= 15 is 0 Å². The molecule has 6 nitrogen and oxygen atoms in total. The zero-order valence-electron chi connectivity index (χ0n) is 9.84. The number of non-ortho nitro benzene ring substituents is 1. The zero-order chi connectivity index (χ0) is 13.3. The fourth-order valence-electron chi connectivity index (χ4n) is 1.36. The summed E-state index contributed by atoms with van der Waals surface area (Å²) in [5, 5.41) is 11.2. The van der Waals surface area contributed by atoms with Gasteiger partial charge in [-0.05, 0) is 31.7 Å². The molecule has 0 radical (unpaired) electrons. The van der Waals surface area contributed by atoms with Gasteiger partial charge in [-0.25, -0.2) is 4.98 Å². The van der Waals surface area contributed by atoms with Crippen LogP contribution in [0.15, 0.2) is 32.7 Å². The van der Waals surface area contributed by atoms with Gasteiger partial charge in [0.1, 0.15) is 5.76 Å². The highest BCUT2D eigenvalue weighted by Gasteiger charge is 2.12. The largest absolute Gasteiger partial charge is 0.436 e. The van der Waals surface area contributed by atoms with E-state index in [4.69, 9.17) is 10.2 Å². The van der Waals surface area contributed by atoms with E-state index in [1.54, 1.807) is 6.07 Å². The summed E-state index contributed by atoms with van der Waals surface area (Å²) in [7, 11) is 0. The van der Waals surface area contributed by atoms with E-state index in [0.717, 1.165) is 11.5 Å². The number of hydrogen-bond donors (Lipinski definition) is 1. The lowest BCUT2D eigenvalue weighted by atomic mass is 10.3. The Kier molecular flexibility index (Phi) is 3.24. The summed E-state index contributed by atoms with van der Waals surface area (Å²) in [6.45, 7) is 3.65. The molecule has 1 heterocycles. The second-order valence-electron chi connectivity index (χ2n) is 3.74. The average Bonchev–Trinajstić information content (AvgIpc) is 2.56. The van der Waals surface area contributed by atoms with Gasteiger partial charge in [0.05, 0.1) is 10.6 Å². The lowest BCUT2D eigenvalue weighted by Gasteiger charge is -1.99. The molecule has 0 spiro atoms. The first kappa shape index (κ1) is 12.4. The number of benzene rings is 1. The molecule has 2 aromatic rings. The second-order valence-corrected chi connectivity index (χ2v) is 4.77. The fraction of sp³-hybridized carbons (Fsp3) is 0.182. The maximum absolute atomic E-state index is 10.7. The van der Waals surface area contributed by atoms with E-state index in [2.05, 4.69) is 4.98 Å². The van der Waals surface area contributed by atoms with Crippen molar-refractivity contribution in [1.29, 1.82) is 0 Å². The molecule has 94 valence electrons. The predicted molar refractivity (Wildman–Crippen MR) is 67.6 cm³/mol. The lowest BCUT2D eigenvalue weighted by Crippen LogP contribution is -1.92. The third-order valence-electron chi connectivity index (χ3n) is 2.34. The SMILES string of the molecule is Cc1nc(Sc2cc(N)cc([N+](=O)[O-])c2)oc1C. The molecule has 0 aliphatic rings. The molecule has 0 saturated heterocycles. The summed E-state index contributed by atoms with van der Waals surface area (Å²) < 4.78 is 5.40. The minimum atomic E-state index is -0.480. The highest BCUT2D eigenvalue weighted by atomic mass is 32.2. The topological polar surface area (TPSA) is 95.2 Å². The number of aryl methyl sites for hydroxylation is 2. The van der Waals surface area contributed by atoms with E-state index in [9.17, 15) is 10.1 Å². The van der Waals surface area contributed by atoms with E-state index < -0.39 is 4.92 Å². The number of nitrogens with two attached hydrogens (primary N) is 1. The smallest absolute Gasteiger partial charge is 0.272 e. The number of nitro groups is 1. The number of rotatable bonds is 3. The number of anilines is 1. The number of oxazole rings is 1. The molecule has 0 amide bonds. The summed E-state index contributed by atoms with van der Waals surface area (Å²) in [5.41, 5.74) is 6.71. The Balaban J connectivity index is 2.31. The highest BCUT2D eigenvalue weighted by Crippen LogP contribution is 2.32. The lowest BCUT2D eigenvalue weighted by molar-refractivity contribution is -0.385. The van der Waals surface area contributed by atoms with Crippen molar-refractivity contribution in [3.05, 3.63) is 39.8 Å². The predicted octanol–water partition coefficient (Wildman–Crippen LogP) is 2.93. The van der Waals surface area contributed by atoms with Gasteiger partial charge in [-0.3, -0.25) is 10.1 Å². The van der Waals surface area contributed by atoms with Crippen LogP contribution in [0.25, 0.3) is 0 Å². The third-order valence-corrected chi connectivity index (χ3v) is 3.16. The van der Waals surface area contributed by atoms with Crippen molar-refractivity contribution in [1.82, 2.24) is 4.98 Å². The molecule has 0 bridgehead atoms. The van der Waals surface area contributed by atoms with Crippen LogP contribution >= 0.6 is 11.8 Å². The van der Waals surface area contributed by atoms with Crippen LogP contribution in [0, 0.1) is 24.0 Å². The molecule has 0 saturated carbocycles. The van der Waals surface area contributed by atoms with Gasteiger partial charge in [-0.15, -0.1) is 0 Å². The standard InChI is InChI=1S/C11H11N3O3S/c1-6-7(2)17-11(13-6)18-10-4-8(12)3-9(5-10)14(15)16/h3-5H,12H2,1-2H3. The van der Waals surface area contributed by atoms with Gasteiger partial charge >= 0.3 is 0 Å². The number of nitro benzene ring substituents is 1. The van der Waals surface area contributed by atoms with Crippen LogP contribution in [0.2, 0.25) is 0 Å². The first-order valence-electron chi connectivity index (χ1n) is 5.12. The van der Waals surface area contributed by atoms with Crippen molar-refractivity contribution in [2.75, 3.05) is 5.73 Å². The van der Waals surface area contributed by atoms with Crippen molar-refractivity contribution in [3.8, 4) is 0 Å². The quantitative estimate of drug-likeness (QED) is 0.520. The van der Waals surface area contributed by atoms with Crippen LogP contribution < -0.4 is 5.73 Å². The number of aromatic nitrogens is 1. The summed E-state index contributed by atoms with van der Waals surface area (Å²) in [6.07, 6.45) is 0. The molecule has 0 atom stereocenters. The minimum absolute atomic E-state index is 0.0440. The number of nitrogens with zero attached hydrogens (tertiary/aromatic N) is 2. The van der Waals surface area contributed by atoms with Gasteiger partial charge in [0.2, 0.25) is 0 Å². The minimum Gasteiger partial charge on any atom is -0.436 e. The molecule has 2 rings (SSSR count). The monoisotopic (exact) mass is 265 g/mol. The first-order chi connectivity index (χ1) is 8.45. The Morgan fingerprint density at radius 3 is 2.67 bits per heavy atom. The van der Waals surface area contributed by atoms with E-state index in [1.165, 1.54) is 23.9 Å². The Bertz CT molecular complexity index is 590. The highest BCUT2D eigenvalue weighted by molar-refractivity contribution is 7.99. The maximum atomic E-state index is 10.7. The number of nitrogen functional groups attached to an aromatic ring is 1. The Morgan fingerprint density at radius 1 is 1.39 bits per heavy atom. The van der Waals surface area contributed by atoms with Crippen LogP contribution in [-0.4, -0.2) is 9.91 Å². The van der Waals surface area contributed by atoms with Gasteiger partial charge in [-0.2, -0.15) is 0 Å². The van der Waals surface area contributed by atoms with Crippen LogP contribution in [0.4, 0.5) is 11.4 Å². The number of hydrogen-bond acceptors (Lipinski definition) is 6. The molecule has 1 aromatic carbocycles. The van der Waals surface area contributed by atoms with Crippen LogP contribution in [0.1, 0.15) is 11.5 Å². The molecule has 0 aliphatic heterocycles. The maximum Gasteiger partial charge on any atom is 0.272 e. The van der Waals surface area contributed by atoms with E-state index in [0.29, 0.717) is 15.8 Å². The Hall–Kier alpha value is -2.02. The summed E-state index contributed by atoms with van der Waals surface area (Å²) in [6, 6.07) is 4.40. The average molecular weight is 265 g/mol. The molecule has 7 heteroatoms. The normalized spacial score (nSPS) is 10.6. The zero-order valence-corrected chi connectivity index (χ0v) is 10.7. The molecule has 0 fully saturated rings. The third kappa shape index (κ3) is 2.62. The van der Waals surface area contributed by atoms with Crippen molar-refractivity contribution in [2.45, 2.75) is 24.0 Å². The molecule has 18 heavy (non-hydrogen) atoms. The first-order valence-corrected chi connectivity index (χ1v) is 5.94. The molecule has 0 unspecified atom stereocenters. The van der Waals surface area contributed by atoms with Gasteiger partial charge in [0, 0.05) is 22.7 Å². The summed E-state index contributed by atoms with van der Waals surface area (Å²) in [4.78, 5) is 15.1. The fourth-order valence-corrected chi connectivity index (χ4v) is 2.28. The molecular weight excluding hydrogens is 254 g/mol. The molecule has 2 N–H and O–H groups in total. The van der Waals surface area contributed by atoms with Crippen molar-refractivity contribution >= 4 is 23.1 Å². The molecular formula is C11H11N3O3S. The van der Waals surface area contributed by atoms with Crippen molar-refractivity contribution in [2.24, 2.45) is 0 Å². The Labute approximate surface area is 107 Å². The van der Waals surface area contributed by atoms with E-state index in [1.807, 2.05) is 13.8 Å².